The largest absolute Gasteiger partial charge is 0.385 e. The fourth-order valence-electron chi connectivity index (χ4n) is 2.00. The van der Waals surface area contributed by atoms with E-state index < -0.39 is 0 Å². The topological polar surface area (TPSA) is 12.0 Å². The lowest BCUT2D eigenvalue weighted by Gasteiger charge is -2.07. The van der Waals surface area contributed by atoms with Gasteiger partial charge in [-0.2, -0.15) is 0 Å². The van der Waals surface area contributed by atoms with Crippen molar-refractivity contribution in [3.05, 3.63) is 29.8 Å². The number of hydrogen-bond acceptors (Lipinski definition) is 1. The molecule has 1 aromatic carbocycles. The minimum atomic E-state index is 1.11. The van der Waals surface area contributed by atoms with Crippen LogP contribution in [0.25, 0.3) is 0 Å². The van der Waals surface area contributed by atoms with Crippen molar-refractivity contribution in [2.45, 2.75) is 58.8 Å². The molecule has 0 amide bonds. The molecule has 0 aromatic heterocycles. The normalized spacial score (nSPS) is 10.5. The van der Waals surface area contributed by atoms with Crippen LogP contribution in [0.4, 0.5) is 5.69 Å². The van der Waals surface area contributed by atoms with E-state index in [4.69, 9.17) is 0 Å². The maximum atomic E-state index is 3.49. The highest BCUT2D eigenvalue weighted by Crippen LogP contribution is 2.10. The van der Waals surface area contributed by atoms with Crippen LogP contribution < -0.4 is 5.32 Å². The maximum absolute atomic E-state index is 3.49. The second-order valence-electron chi connectivity index (χ2n) is 4.75. The molecule has 17 heavy (non-hydrogen) atoms. The van der Waals surface area contributed by atoms with Crippen molar-refractivity contribution in [2.24, 2.45) is 0 Å². The quantitative estimate of drug-likeness (QED) is 0.590. The summed E-state index contributed by atoms with van der Waals surface area (Å²) in [6.45, 7) is 5.57. The molecule has 0 aliphatic heterocycles. The van der Waals surface area contributed by atoms with E-state index in [0.717, 1.165) is 13.0 Å². The van der Waals surface area contributed by atoms with E-state index in [9.17, 15) is 0 Å². The predicted molar refractivity (Wildman–Crippen MR) is 77.7 cm³/mol. The number of unbranched alkanes of at least 4 members (excludes halogenated alkanes) is 5. The first-order valence-electron chi connectivity index (χ1n) is 7.19. The highest BCUT2D eigenvalue weighted by atomic mass is 14.9. The second kappa shape index (κ2) is 9.09. The average molecular weight is 233 g/mol. The number of anilines is 1. The van der Waals surface area contributed by atoms with Gasteiger partial charge in [0.25, 0.3) is 0 Å². The van der Waals surface area contributed by atoms with Gasteiger partial charge in [0.1, 0.15) is 0 Å². The lowest BCUT2D eigenvalue weighted by Crippen LogP contribution is -2.01. The minimum Gasteiger partial charge on any atom is -0.385 e. The van der Waals surface area contributed by atoms with E-state index >= 15 is 0 Å². The van der Waals surface area contributed by atoms with Crippen LogP contribution in [0.3, 0.4) is 0 Å². The molecular formula is C16H27N. The Morgan fingerprint density at radius 1 is 0.824 bits per heavy atom. The first-order valence-corrected chi connectivity index (χ1v) is 7.19. The van der Waals surface area contributed by atoms with Crippen molar-refractivity contribution in [3.8, 4) is 0 Å². The number of benzene rings is 1. The Morgan fingerprint density at radius 3 is 2.12 bits per heavy atom. The van der Waals surface area contributed by atoms with E-state index in [-0.39, 0.29) is 0 Å². The minimum absolute atomic E-state index is 1.11. The zero-order valence-electron chi connectivity index (χ0n) is 11.5. The van der Waals surface area contributed by atoms with Crippen LogP contribution in [0.5, 0.6) is 0 Å². The maximum Gasteiger partial charge on any atom is 0.0340 e. The summed E-state index contributed by atoms with van der Waals surface area (Å²) in [7, 11) is 0. The Hall–Kier alpha value is -0.980. The predicted octanol–water partition coefficient (Wildman–Crippen LogP) is 5.02. The third-order valence-corrected chi connectivity index (χ3v) is 3.22. The van der Waals surface area contributed by atoms with Crippen molar-refractivity contribution in [2.75, 3.05) is 11.9 Å². The number of nitrogens with one attached hydrogen (secondary N) is 1. The van der Waals surface area contributed by atoms with Gasteiger partial charge < -0.3 is 5.32 Å². The third kappa shape index (κ3) is 6.35. The molecule has 1 nitrogen and oxygen atoms in total. The first-order chi connectivity index (χ1) is 8.36. The molecular weight excluding hydrogens is 206 g/mol. The monoisotopic (exact) mass is 233 g/mol. The van der Waals surface area contributed by atoms with Gasteiger partial charge in [0.2, 0.25) is 0 Å². The van der Waals surface area contributed by atoms with Crippen LogP contribution in [0.15, 0.2) is 24.3 Å². The third-order valence-electron chi connectivity index (χ3n) is 3.22. The SMILES string of the molecule is CCCCCCCCNc1ccc(CC)cc1. The van der Waals surface area contributed by atoms with Gasteiger partial charge in [-0.1, -0.05) is 58.1 Å². The smallest absolute Gasteiger partial charge is 0.0340 e. The Kier molecular flexibility index (Phi) is 7.53. The Labute approximate surface area is 107 Å². The Morgan fingerprint density at radius 2 is 1.47 bits per heavy atom. The van der Waals surface area contributed by atoms with E-state index in [2.05, 4.69) is 43.4 Å². The van der Waals surface area contributed by atoms with Crippen LogP contribution in [0.2, 0.25) is 0 Å². The first kappa shape index (κ1) is 14.1. The summed E-state index contributed by atoms with van der Waals surface area (Å²) >= 11 is 0. The summed E-state index contributed by atoms with van der Waals surface area (Å²) in [6.07, 6.45) is 9.30. The van der Waals surface area contributed by atoms with Crippen LogP contribution in [-0.2, 0) is 6.42 Å². The van der Waals surface area contributed by atoms with Crippen molar-refractivity contribution in [1.29, 1.82) is 0 Å². The molecule has 1 N–H and O–H groups in total. The van der Waals surface area contributed by atoms with Crippen molar-refractivity contribution in [3.63, 3.8) is 0 Å². The summed E-state index contributed by atoms with van der Waals surface area (Å²) in [5.74, 6) is 0. The standard InChI is InChI=1S/C16H27N/c1-3-5-6-7-8-9-14-17-16-12-10-15(4-2)11-13-16/h10-13,17H,3-9,14H2,1-2H3. The molecule has 0 aliphatic carbocycles. The Balaban J connectivity index is 2.05. The van der Waals surface area contributed by atoms with E-state index in [1.165, 1.54) is 49.8 Å². The van der Waals surface area contributed by atoms with Gasteiger partial charge in [-0.05, 0) is 30.5 Å². The van der Waals surface area contributed by atoms with Gasteiger partial charge in [-0.15, -0.1) is 0 Å². The van der Waals surface area contributed by atoms with Gasteiger partial charge in [0.05, 0.1) is 0 Å². The number of aryl methyl sites for hydroxylation is 1. The summed E-state index contributed by atoms with van der Waals surface area (Å²) in [4.78, 5) is 0. The summed E-state index contributed by atoms with van der Waals surface area (Å²) in [5.41, 5.74) is 2.67. The lowest BCUT2D eigenvalue weighted by atomic mass is 10.1. The molecule has 0 saturated heterocycles. The molecule has 0 radical (unpaired) electrons. The fraction of sp³-hybridized carbons (Fsp3) is 0.625. The molecule has 0 unspecified atom stereocenters. The molecule has 96 valence electrons. The highest BCUT2D eigenvalue weighted by Gasteiger charge is 1.93. The zero-order chi connectivity index (χ0) is 12.3. The Bertz CT molecular complexity index is 276. The summed E-state index contributed by atoms with van der Waals surface area (Å²) in [5, 5.41) is 3.49. The van der Waals surface area contributed by atoms with Crippen LogP contribution in [0.1, 0.15) is 57.9 Å². The number of rotatable bonds is 9. The zero-order valence-corrected chi connectivity index (χ0v) is 11.5. The molecule has 1 heteroatoms. The molecule has 1 aromatic rings. The fourth-order valence-corrected chi connectivity index (χ4v) is 2.00. The van der Waals surface area contributed by atoms with Gasteiger partial charge in [0.15, 0.2) is 0 Å². The molecule has 0 aliphatic rings. The van der Waals surface area contributed by atoms with Gasteiger partial charge in [-0.25, -0.2) is 0 Å². The summed E-state index contributed by atoms with van der Waals surface area (Å²) in [6, 6.07) is 8.80. The van der Waals surface area contributed by atoms with Crippen molar-refractivity contribution >= 4 is 5.69 Å². The lowest BCUT2D eigenvalue weighted by molar-refractivity contribution is 0.617. The van der Waals surface area contributed by atoms with Gasteiger partial charge in [0, 0.05) is 12.2 Å². The van der Waals surface area contributed by atoms with Crippen LogP contribution >= 0.6 is 0 Å². The average Bonchev–Trinajstić information content (AvgIpc) is 2.38. The van der Waals surface area contributed by atoms with E-state index in [1.807, 2.05) is 0 Å². The van der Waals surface area contributed by atoms with Gasteiger partial charge in [-0.3, -0.25) is 0 Å². The molecule has 0 heterocycles. The highest BCUT2D eigenvalue weighted by molar-refractivity contribution is 5.44. The van der Waals surface area contributed by atoms with Crippen molar-refractivity contribution < 1.29 is 0 Å². The molecule has 1 rings (SSSR count). The molecule has 0 atom stereocenters. The summed E-state index contributed by atoms with van der Waals surface area (Å²) < 4.78 is 0. The molecule has 0 saturated carbocycles. The van der Waals surface area contributed by atoms with Crippen molar-refractivity contribution in [1.82, 2.24) is 0 Å². The molecule has 0 fully saturated rings. The molecule has 0 spiro atoms. The second-order valence-corrected chi connectivity index (χ2v) is 4.75. The molecule has 0 bridgehead atoms. The van der Waals surface area contributed by atoms with Crippen LogP contribution in [-0.4, -0.2) is 6.54 Å². The van der Waals surface area contributed by atoms with E-state index in [0.29, 0.717) is 0 Å². The van der Waals surface area contributed by atoms with E-state index in [1.54, 1.807) is 0 Å². The number of hydrogen-bond donors (Lipinski definition) is 1. The van der Waals surface area contributed by atoms with Crippen LogP contribution in [0, 0.1) is 0 Å². The van der Waals surface area contributed by atoms with Gasteiger partial charge >= 0.3 is 0 Å².